The third-order valence-corrected chi connectivity index (χ3v) is 2.66. The average Bonchev–Trinajstić information content (AvgIpc) is 2.28. The summed E-state index contributed by atoms with van der Waals surface area (Å²) in [5.41, 5.74) is 0. The molecule has 0 aromatic carbocycles. The van der Waals surface area contributed by atoms with Crippen LogP contribution in [0, 0.1) is 11.8 Å². The third kappa shape index (κ3) is 3.51. The maximum Gasteiger partial charge on any atom is 0.309 e. The number of hydrogen-bond acceptors (Lipinski definition) is 5. The molecule has 0 radical (unpaired) electrons. The van der Waals surface area contributed by atoms with Crippen molar-refractivity contribution in [3.8, 4) is 0 Å². The van der Waals surface area contributed by atoms with Crippen molar-refractivity contribution < 1.29 is 19.1 Å². The lowest BCUT2D eigenvalue weighted by molar-refractivity contribution is -0.148. The lowest BCUT2D eigenvalue weighted by atomic mass is 9.88. The van der Waals surface area contributed by atoms with Gasteiger partial charge in [0.25, 0.3) is 0 Å². The number of ether oxygens (including phenoxy) is 2. The van der Waals surface area contributed by atoms with Gasteiger partial charge in [-0.1, -0.05) is 0 Å². The highest BCUT2D eigenvalue weighted by Gasteiger charge is 2.28. The molecule has 0 spiro atoms. The van der Waals surface area contributed by atoms with Crippen LogP contribution in [0.25, 0.3) is 0 Å². The Morgan fingerprint density at radius 1 is 1.27 bits per heavy atom. The Kier molecular flexibility index (Phi) is 4.55. The smallest absolute Gasteiger partial charge is 0.309 e. The summed E-state index contributed by atoms with van der Waals surface area (Å²) >= 11 is 0. The summed E-state index contributed by atoms with van der Waals surface area (Å²) in [5.74, 6) is -0.418. The summed E-state index contributed by atoms with van der Waals surface area (Å²) in [6.07, 6.45) is 1.05. The predicted molar refractivity (Wildman–Crippen MR) is 53.1 cm³/mol. The van der Waals surface area contributed by atoms with E-state index in [0.717, 1.165) is 6.54 Å². The fraction of sp³-hybridized carbons (Fsp3) is 0.800. The normalized spacial score (nSPS) is 25.7. The first-order valence-corrected chi connectivity index (χ1v) is 5.02. The molecular weight excluding hydrogens is 198 g/mol. The third-order valence-electron chi connectivity index (χ3n) is 2.66. The van der Waals surface area contributed by atoms with Crippen molar-refractivity contribution in [2.75, 3.05) is 27.3 Å². The zero-order chi connectivity index (χ0) is 11.3. The van der Waals surface area contributed by atoms with E-state index in [2.05, 4.69) is 14.8 Å². The highest BCUT2D eigenvalue weighted by molar-refractivity contribution is 5.73. The van der Waals surface area contributed by atoms with Crippen LogP contribution >= 0.6 is 0 Å². The number of esters is 2. The van der Waals surface area contributed by atoms with Crippen LogP contribution in [0.1, 0.15) is 12.8 Å². The number of carbonyl (C=O) groups is 2. The molecule has 0 saturated carbocycles. The first-order chi connectivity index (χ1) is 7.17. The largest absolute Gasteiger partial charge is 0.469 e. The molecule has 0 bridgehead atoms. The van der Waals surface area contributed by atoms with Gasteiger partial charge in [0.15, 0.2) is 0 Å². The van der Waals surface area contributed by atoms with Gasteiger partial charge in [0.05, 0.1) is 20.1 Å². The standard InChI is InChI=1S/C10H17NO4/c1-14-9(12)4-7-3-8(6-11-5-7)10(13)15-2/h7-8,11H,3-6H2,1-2H3/t7-,8+/m1/s1. The van der Waals surface area contributed by atoms with E-state index in [0.29, 0.717) is 19.4 Å². The van der Waals surface area contributed by atoms with Gasteiger partial charge in [-0.3, -0.25) is 9.59 Å². The Morgan fingerprint density at radius 3 is 2.60 bits per heavy atom. The van der Waals surface area contributed by atoms with Crippen LogP contribution in [0.3, 0.4) is 0 Å². The minimum absolute atomic E-state index is 0.140. The first-order valence-electron chi connectivity index (χ1n) is 5.02. The lowest BCUT2D eigenvalue weighted by Gasteiger charge is -2.27. The summed E-state index contributed by atoms with van der Waals surface area (Å²) in [4.78, 5) is 22.3. The molecular formula is C10H17NO4. The van der Waals surface area contributed by atoms with Crippen molar-refractivity contribution in [1.29, 1.82) is 0 Å². The molecule has 0 aromatic heterocycles. The monoisotopic (exact) mass is 215 g/mol. The van der Waals surface area contributed by atoms with E-state index in [9.17, 15) is 9.59 Å². The van der Waals surface area contributed by atoms with Crippen molar-refractivity contribution >= 4 is 11.9 Å². The first kappa shape index (κ1) is 12.0. The zero-order valence-electron chi connectivity index (χ0n) is 9.12. The summed E-state index contributed by atoms with van der Waals surface area (Å²) in [6, 6.07) is 0. The summed E-state index contributed by atoms with van der Waals surface area (Å²) in [5, 5.41) is 3.12. The molecule has 5 heteroatoms. The van der Waals surface area contributed by atoms with Crippen LogP contribution < -0.4 is 5.32 Å². The van der Waals surface area contributed by atoms with E-state index in [-0.39, 0.29) is 23.8 Å². The number of hydrogen-bond donors (Lipinski definition) is 1. The van der Waals surface area contributed by atoms with E-state index in [1.165, 1.54) is 14.2 Å². The SMILES string of the molecule is COC(=O)C[C@@H]1CNC[C@@H](C(=O)OC)C1. The Hall–Kier alpha value is -1.10. The van der Waals surface area contributed by atoms with Crippen LogP contribution in [0.2, 0.25) is 0 Å². The maximum atomic E-state index is 11.3. The van der Waals surface area contributed by atoms with Gasteiger partial charge in [0, 0.05) is 13.0 Å². The fourth-order valence-electron chi connectivity index (χ4n) is 1.85. The van der Waals surface area contributed by atoms with Crippen molar-refractivity contribution in [1.82, 2.24) is 5.32 Å². The fourth-order valence-corrected chi connectivity index (χ4v) is 1.85. The highest BCUT2D eigenvalue weighted by atomic mass is 16.5. The Labute approximate surface area is 89.1 Å². The van der Waals surface area contributed by atoms with Crippen molar-refractivity contribution in [2.24, 2.45) is 11.8 Å². The van der Waals surface area contributed by atoms with Gasteiger partial charge in [0.2, 0.25) is 0 Å². The molecule has 0 aromatic rings. The van der Waals surface area contributed by atoms with E-state index in [1.54, 1.807) is 0 Å². The van der Waals surface area contributed by atoms with E-state index < -0.39 is 0 Å². The molecule has 0 aliphatic carbocycles. The second-order valence-corrected chi connectivity index (χ2v) is 3.76. The van der Waals surface area contributed by atoms with Crippen molar-refractivity contribution in [3.05, 3.63) is 0 Å². The van der Waals surface area contributed by atoms with Gasteiger partial charge in [-0.2, -0.15) is 0 Å². The maximum absolute atomic E-state index is 11.3. The molecule has 1 heterocycles. The molecule has 15 heavy (non-hydrogen) atoms. The topological polar surface area (TPSA) is 64.6 Å². The second kappa shape index (κ2) is 5.70. The number of rotatable bonds is 3. The number of carbonyl (C=O) groups excluding carboxylic acids is 2. The van der Waals surface area contributed by atoms with Gasteiger partial charge < -0.3 is 14.8 Å². The van der Waals surface area contributed by atoms with Crippen molar-refractivity contribution in [3.63, 3.8) is 0 Å². The minimum atomic E-state index is -0.229. The predicted octanol–water partition coefficient (Wildman–Crippen LogP) is -0.0518. The molecule has 2 atom stereocenters. The molecule has 0 amide bonds. The molecule has 86 valence electrons. The number of methoxy groups -OCH3 is 2. The lowest BCUT2D eigenvalue weighted by Crippen LogP contribution is -2.40. The molecule has 1 aliphatic rings. The van der Waals surface area contributed by atoms with Crippen LogP contribution in [0.15, 0.2) is 0 Å². The molecule has 0 unspecified atom stereocenters. The number of nitrogens with one attached hydrogen (secondary N) is 1. The molecule has 5 nitrogen and oxygen atoms in total. The summed E-state index contributed by atoms with van der Waals surface area (Å²) < 4.78 is 9.27. The van der Waals surface area contributed by atoms with Gasteiger partial charge in [0.1, 0.15) is 0 Å². The van der Waals surface area contributed by atoms with Gasteiger partial charge in [-0.05, 0) is 18.9 Å². The quantitative estimate of drug-likeness (QED) is 0.669. The second-order valence-electron chi connectivity index (χ2n) is 3.76. The van der Waals surface area contributed by atoms with Crippen LogP contribution in [0.4, 0.5) is 0 Å². The summed E-state index contributed by atoms with van der Waals surface area (Å²) in [6.45, 7) is 1.38. The Bertz CT molecular complexity index is 242. The minimum Gasteiger partial charge on any atom is -0.469 e. The molecule has 1 aliphatic heterocycles. The van der Waals surface area contributed by atoms with Crippen LogP contribution in [-0.2, 0) is 19.1 Å². The van der Waals surface area contributed by atoms with Crippen LogP contribution in [-0.4, -0.2) is 39.2 Å². The van der Waals surface area contributed by atoms with Crippen LogP contribution in [0.5, 0.6) is 0 Å². The molecule has 1 rings (SSSR count). The highest BCUT2D eigenvalue weighted by Crippen LogP contribution is 2.20. The van der Waals surface area contributed by atoms with E-state index in [4.69, 9.17) is 0 Å². The number of piperidine rings is 1. The van der Waals surface area contributed by atoms with E-state index in [1.807, 2.05) is 0 Å². The van der Waals surface area contributed by atoms with Gasteiger partial charge in [-0.15, -0.1) is 0 Å². The Morgan fingerprint density at radius 2 is 2.00 bits per heavy atom. The average molecular weight is 215 g/mol. The van der Waals surface area contributed by atoms with Gasteiger partial charge >= 0.3 is 11.9 Å². The zero-order valence-corrected chi connectivity index (χ0v) is 9.12. The van der Waals surface area contributed by atoms with E-state index >= 15 is 0 Å². The Balaban J connectivity index is 2.42. The molecule has 1 saturated heterocycles. The summed E-state index contributed by atoms with van der Waals surface area (Å²) in [7, 11) is 2.75. The molecule has 1 N–H and O–H groups in total. The van der Waals surface area contributed by atoms with Crippen molar-refractivity contribution in [2.45, 2.75) is 12.8 Å². The van der Waals surface area contributed by atoms with Gasteiger partial charge in [-0.25, -0.2) is 0 Å². The molecule has 1 fully saturated rings.